The second-order valence-electron chi connectivity index (χ2n) is 6.24. The number of aromatic nitrogens is 1. The monoisotopic (exact) mass is 452 g/mol. The number of benzene rings is 3. The molecule has 0 bridgehead atoms. The van der Waals surface area contributed by atoms with E-state index in [0.29, 0.717) is 39.7 Å². The van der Waals surface area contributed by atoms with Crippen molar-refractivity contribution in [2.75, 3.05) is 19.5 Å². The van der Waals surface area contributed by atoms with Gasteiger partial charge in [0.05, 0.1) is 19.8 Å². The molecule has 0 saturated heterocycles. The first kappa shape index (κ1) is 19.0. The fourth-order valence-electron chi connectivity index (χ4n) is 2.90. The third-order valence-corrected chi connectivity index (χ3v) is 5.05. The lowest BCUT2D eigenvalue weighted by atomic mass is 10.1. The zero-order valence-electron chi connectivity index (χ0n) is 15.7. The molecule has 1 heterocycles. The highest BCUT2D eigenvalue weighted by molar-refractivity contribution is 9.10. The first-order valence-corrected chi connectivity index (χ1v) is 9.56. The van der Waals surface area contributed by atoms with Gasteiger partial charge in [0.1, 0.15) is 17.0 Å². The van der Waals surface area contributed by atoms with Crippen molar-refractivity contribution in [2.45, 2.75) is 0 Å². The normalized spacial score (nSPS) is 10.7. The van der Waals surface area contributed by atoms with Gasteiger partial charge in [0, 0.05) is 21.8 Å². The van der Waals surface area contributed by atoms with Gasteiger partial charge >= 0.3 is 0 Å². The predicted octanol–water partition coefficient (Wildman–Crippen LogP) is 5.53. The summed E-state index contributed by atoms with van der Waals surface area (Å²) in [6, 6.07) is 18.0. The molecule has 146 valence electrons. The lowest BCUT2D eigenvalue weighted by molar-refractivity contribution is 0.102. The van der Waals surface area contributed by atoms with E-state index in [-0.39, 0.29) is 5.91 Å². The topological polar surface area (TPSA) is 73.6 Å². The SMILES string of the molecule is COc1cc(OC)cc(C(=O)Nc2ccc3oc(-c4ccccc4Br)nc3c2)c1. The summed E-state index contributed by atoms with van der Waals surface area (Å²) >= 11 is 3.51. The number of methoxy groups -OCH3 is 2. The predicted molar refractivity (Wildman–Crippen MR) is 115 cm³/mol. The number of rotatable bonds is 5. The standard InChI is InChI=1S/C22H17BrN2O4/c1-27-15-9-13(10-16(12-15)28-2)21(26)24-14-7-8-20-19(11-14)25-22(29-20)17-5-3-4-6-18(17)23/h3-12H,1-2H3,(H,24,26). The van der Waals surface area contributed by atoms with Gasteiger partial charge in [-0.15, -0.1) is 0 Å². The molecule has 1 N–H and O–H groups in total. The molecule has 0 radical (unpaired) electrons. The largest absolute Gasteiger partial charge is 0.497 e. The molecule has 1 amide bonds. The van der Waals surface area contributed by atoms with Crippen molar-refractivity contribution < 1.29 is 18.7 Å². The first-order valence-electron chi connectivity index (χ1n) is 8.77. The Bertz CT molecular complexity index is 1180. The lowest BCUT2D eigenvalue weighted by Gasteiger charge is -2.09. The van der Waals surface area contributed by atoms with Gasteiger partial charge in [-0.1, -0.05) is 12.1 Å². The quantitative estimate of drug-likeness (QED) is 0.431. The molecule has 0 aliphatic rings. The van der Waals surface area contributed by atoms with Crippen molar-refractivity contribution in [1.29, 1.82) is 0 Å². The molecule has 0 unspecified atom stereocenters. The van der Waals surface area contributed by atoms with Crippen LogP contribution in [-0.2, 0) is 0 Å². The highest BCUT2D eigenvalue weighted by Gasteiger charge is 2.14. The minimum absolute atomic E-state index is 0.281. The summed E-state index contributed by atoms with van der Waals surface area (Å²) in [6.45, 7) is 0. The van der Waals surface area contributed by atoms with Gasteiger partial charge in [0.15, 0.2) is 5.58 Å². The van der Waals surface area contributed by atoms with Gasteiger partial charge in [-0.3, -0.25) is 4.79 Å². The highest BCUT2D eigenvalue weighted by Crippen LogP contribution is 2.31. The van der Waals surface area contributed by atoms with Crippen LogP contribution >= 0.6 is 15.9 Å². The second-order valence-corrected chi connectivity index (χ2v) is 7.09. The maximum absolute atomic E-state index is 12.7. The van der Waals surface area contributed by atoms with Crippen LogP contribution in [0.3, 0.4) is 0 Å². The lowest BCUT2D eigenvalue weighted by Crippen LogP contribution is -2.12. The maximum Gasteiger partial charge on any atom is 0.255 e. The van der Waals surface area contributed by atoms with Crippen molar-refractivity contribution in [2.24, 2.45) is 0 Å². The Morgan fingerprint density at radius 2 is 1.72 bits per heavy atom. The minimum Gasteiger partial charge on any atom is -0.497 e. The summed E-state index contributed by atoms with van der Waals surface area (Å²) in [5.41, 5.74) is 3.18. The molecule has 6 nitrogen and oxygen atoms in total. The van der Waals surface area contributed by atoms with Crippen LogP contribution < -0.4 is 14.8 Å². The molecule has 0 saturated carbocycles. The average molecular weight is 453 g/mol. The van der Waals surface area contributed by atoms with Gasteiger partial charge < -0.3 is 19.2 Å². The molecular weight excluding hydrogens is 436 g/mol. The number of fused-ring (bicyclic) bond motifs is 1. The highest BCUT2D eigenvalue weighted by atomic mass is 79.9. The van der Waals surface area contributed by atoms with Crippen molar-refractivity contribution in [3.05, 3.63) is 70.7 Å². The number of hydrogen-bond donors (Lipinski definition) is 1. The number of nitrogens with one attached hydrogen (secondary N) is 1. The molecule has 0 fully saturated rings. The Morgan fingerprint density at radius 1 is 1.00 bits per heavy atom. The summed E-state index contributed by atoms with van der Waals surface area (Å²) < 4.78 is 17.2. The number of carbonyl (C=O) groups excluding carboxylic acids is 1. The average Bonchev–Trinajstić information content (AvgIpc) is 3.16. The summed E-state index contributed by atoms with van der Waals surface area (Å²) in [4.78, 5) is 17.2. The minimum atomic E-state index is -0.281. The number of anilines is 1. The smallest absolute Gasteiger partial charge is 0.255 e. The van der Waals surface area contributed by atoms with E-state index >= 15 is 0 Å². The van der Waals surface area contributed by atoms with E-state index in [0.717, 1.165) is 10.0 Å². The van der Waals surface area contributed by atoms with Gasteiger partial charge in [-0.25, -0.2) is 4.98 Å². The Kier molecular flexibility index (Phi) is 5.22. The molecule has 0 atom stereocenters. The third kappa shape index (κ3) is 3.95. The Morgan fingerprint density at radius 3 is 2.41 bits per heavy atom. The summed E-state index contributed by atoms with van der Waals surface area (Å²) in [6.07, 6.45) is 0. The molecule has 29 heavy (non-hydrogen) atoms. The molecule has 4 aromatic rings. The van der Waals surface area contributed by atoms with Crippen LogP contribution in [0, 0.1) is 0 Å². The van der Waals surface area contributed by atoms with Crippen LogP contribution in [-0.4, -0.2) is 25.1 Å². The Labute approximate surface area is 175 Å². The van der Waals surface area contributed by atoms with Crippen LogP contribution in [0.2, 0.25) is 0 Å². The van der Waals surface area contributed by atoms with Crippen LogP contribution in [0.25, 0.3) is 22.6 Å². The number of halogens is 1. The Balaban J connectivity index is 1.62. The van der Waals surface area contributed by atoms with Crippen LogP contribution in [0.15, 0.2) is 69.6 Å². The molecular formula is C22H17BrN2O4. The molecule has 0 aliphatic carbocycles. The van der Waals surface area contributed by atoms with E-state index < -0.39 is 0 Å². The number of nitrogens with zero attached hydrogens (tertiary/aromatic N) is 1. The zero-order chi connectivity index (χ0) is 20.4. The second kappa shape index (κ2) is 7.97. The van der Waals surface area contributed by atoms with Crippen molar-refractivity contribution >= 4 is 38.6 Å². The molecule has 0 aliphatic heterocycles. The van der Waals surface area contributed by atoms with E-state index in [1.807, 2.05) is 24.3 Å². The molecule has 4 rings (SSSR count). The Hall–Kier alpha value is -3.32. The first-order chi connectivity index (χ1) is 14.1. The van der Waals surface area contributed by atoms with Crippen molar-refractivity contribution in [3.63, 3.8) is 0 Å². The molecule has 1 aromatic heterocycles. The summed E-state index contributed by atoms with van der Waals surface area (Å²) in [5.74, 6) is 1.31. The fraction of sp³-hybridized carbons (Fsp3) is 0.0909. The zero-order valence-corrected chi connectivity index (χ0v) is 17.3. The van der Waals surface area contributed by atoms with E-state index in [1.165, 1.54) is 14.2 Å². The number of amides is 1. The van der Waals surface area contributed by atoms with Crippen LogP contribution in [0.1, 0.15) is 10.4 Å². The molecule has 7 heteroatoms. The maximum atomic E-state index is 12.7. The van der Waals surface area contributed by atoms with Crippen LogP contribution in [0.5, 0.6) is 11.5 Å². The van der Waals surface area contributed by atoms with Crippen molar-refractivity contribution in [1.82, 2.24) is 4.98 Å². The molecule has 0 spiro atoms. The van der Waals surface area contributed by atoms with E-state index in [9.17, 15) is 4.79 Å². The number of hydrogen-bond acceptors (Lipinski definition) is 5. The fourth-order valence-corrected chi connectivity index (χ4v) is 3.35. The van der Waals surface area contributed by atoms with E-state index in [1.54, 1.807) is 36.4 Å². The van der Waals surface area contributed by atoms with E-state index in [4.69, 9.17) is 13.9 Å². The molecule has 3 aromatic carbocycles. The number of ether oxygens (including phenoxy) is 2. The summed E-state index contributed by atoms with van der Waals surface area (Å²) in [5, 5.41) is 2.87. The van der Waals surface area contributed by atoms with Crippen LogP contribution in [0.4, 0.5) is 5.69 Å². The summed E-state index contributed by atoms with van der Waals surface area (Å²) in [7, 11) is 3.08. The van der Waals surface area contributed by atoms with Crippen molar-refractivity contribution in [3.8, 4) is 23.0 Å². The third-order valence-electron chi connectivity index (χ3n) is 4.36. The van der Waals surface area contributed by atoms with Gasteiger partial charge in [0.2, 0.25) is 5.89 Å². The number of carbonyl (C=O) groups is 1. The van der Waals surface area contributed by atoms with Gasteiger partial charge in [-0.2, -0.15) is 0 Å². The van der Waals surface area contributed by atoms with E-state index in [2.05, 4.69) is 26.2 Å². The van der Waals surface area contributed by atoms with Gasteiger partial charge in [0.25, 0.3) is 5.91 Å². The number of oxazole rings is 1. The van der Waals surface area contributed by atoms with Gasteiger partial charge in [-0.05, 0) is 58.4 Å².